The van der Waals surface area contributed by atoms with Gasteiger partial charge in [-0.2, -0.15) is 0 Å². The Labute approximate surface area is 342 Å². The number of ether oxygens (including phenoxy) is 7. The highest BCUT2D eigenvalue weighted by Crippen LogP contribution is 2.55. The minimum Gasteiger partial charge on any atom is -0.507 e. The molecule has 4 heterocycles. The van der Waals surface area contributed by atoms with Gasteiger partial charge in [0, 0.05) is 49.7 Å². The van der Waals surface area contributed by atoms with Gasteiger partial charge >= 0.3 is 0 Å². The van der Waals surface area contributed by atoms with E-state index < -0.39 is 107 Å². The second-order valence-electron chi connectivity index (χ2n) is 18.1. The van der Waals surface area contributed by atoms with Crippen LogP contribution < -0.4 is 0 Å². The molecule has 1 aromatic carbocycles. The number of aromatic hydroxyl groups is 1. The molecule has 7 aliphatic rings. The molecule has 1 aromatic rings. The lowest BCUT2D eigenvalue weighted by molar-refractivity contribution is -0.314. The van der Waals surface area contributed by atoms with E-state index in [1.807, 2.05) is 20.8 Å². The molecular formula is C43H58O16. The summed E-state index contributed by atoms with van der Waals surface area (Å²) in [5, 5.41) is 66.2. The number of aliphatic hydroxyl groups excluding tert-OH is 3. The van der Waals surface area contributed by atoms with Crippen molar-refractivity contribution < 1.29 is 78.2 Å². The lowest BCUT2D eigenvalue weighted by Crippen LogP contribution is -2.74. The second kappa shape index (κ2) is 15.9. The second-order valence-corrected chi connectivity index (χ2v) is 18.1. The van der Waals surface area contributed by atoms with Crippen molar-refractivity contribution in [2.24, 2.45) is 11.8 Å². The summed E-state index contributed by atoms with van der Waals surface area (Å²) in [5.41, 5.74) is -6.66. The summed E-state index contributed by atoms with van der Waals surface area (Å²) in [6, 6.07) is 2.71. The SMILES string of the molecule is CC1OC(OC2CCC(OC3CCC(OC4(C)CC(=O)C5(O)C6C(=O)c7ccc(C8CC(O)C(O)C(C)O8)c(O)c7C(=O)C6C=CC5(O)C4)OC3C)OC2C)CCC1O. The van der Waals surface area contributed by atoms with Gasteiger partial charge < -0.3 is 63.8 Å². The first-order valence-corrected chi connectivity index (χ1v) is 21.1. The van der Waals surface area contributed by atoms with E-state index in [0.717, 1.165) is 0 Å². The molecule has 4 aliphatic heterocycles. The minimum absolute atomic E-state index is 0.0659. The van der Waals surface area contributed by atoms with Crippen LogP contribution in [0.25, 0.3) is 0 Å². The molecule has 3 aliphatic carbocycles. The van der Waals surface area contributed by atoms with E-state index in [1.165, 1.54) is 24.3 Å². The zero-order chi connectivity index (χ0) is 42.3. The summed E-state index contributed by atoms with van der Waals surface area (Å²) in [6.07, 6.45) is -2.27. The third-order valence-corrected chi connectivity index (χ3v) is 13.8. The predicted molar refractivity (Wildman–Crippen MR) is 203 cm³/mol. The van der Waals surface area contributed by atoms with Crippen molar-refractivity contribution >= 4 is 17.3 Å². The fourth-order valence-electron chi connectivity index (χ4n) is 10.5. The molecule has 16 heteroatoms. The Hall–Kier alpha value is -2.71. The maximum Gasteiger partial charge on any atom is 0.175 e. The highest BCUT2D eigenvalue weighted by atomic mass is 16.7. The van der Waals surface area contributed by atoms with Crippen LogP contribution in [0.5, 0.6) is 5.75 Å². The van der Waals surface area contributed by atoms with Crippen LogP contribution >= 0.6 is 0 Å². The van der Waals surface area contributed by atoms with Crippen LogP contribution in [0.4, 0.5) is 0 Å². The van der Waals surface area contributed by atoms with E-state index in [1.54, 1.807) is 13.8 Å². The molecule has 5 fully saturated rings. The monoisotopic (exact) mass is 830 g/mol. The molecule has 6 N–H and O–H groups in total. The molecular weight excluding hydrogens is 772 g/mol. The smallest absolute Gasteiger partial charge is 0.175 e. The highest BCUT2D eigenvalue weighted by molar-refractivity contribution is 6.20. The number of hydrogen-bond acceptors (Lipinski definition) is 16. The van der Waals surface area contributed by atoms with Crippen molar-refractivity contribution in [3.05, 3.63) is 41.0 Å². The summed E-state index contributed by atoms with van der Waals surface area (Å²) in [6.45, 7) is 8.84. The zero-order valence-electron chi connectivity index (χ0n) is 34.1. The first kappa shape index (κ1) is 43.0. The topological polar surface area (TPSA) is 237 Å². The molecule has 326 valence electrons. The molecule has 0 bridgehead atoms. The van der Waals surface area contributed by atoms with Crippen LogP contribution in [0.15, 0.2) is 24.3 Å². The largest absolute Gasteiger partial charge is 0.507 e. The number of phenolic OH excluding ortho intramolecular Hbond substituents is 1. The van der Waals surface area contributed by atoms with Crippen molar-refractivity contribution in [2.75, 3.05) is 0 Å². The number of Topliss-reactive ketones (excluding diaryl/α,β-unsaturated/α-hetero) is 3. The minimum atomic E-state index is -2.68. The van der Waals surface area contributed by atoms with Crippen LogP contribution in [0.2, 0.25) is 0 Å². The molecule has 18 unspecified atom stereocenters. The van der Waals surface area contributed by atoms with E-state index in [4.69, 9.17) is 33.2 Å². The van der Waals surface area contributed by atoms with E-state index in [-0.39, 0.29) is 60.4 Å². The molecule has 16 nitrogen and oxygen atoms in total. The molecule has 59 heavy (non-hydrogen) atoms. The Bertz CT molecular complexity index is 1820. The Kier molecular flexibility index (Phi) is 11.6. The molecule has 1 saturated carbocycles. The maximum absolute atomic E-state index is 14.2. The number of allylic oxidation sites excluding steroid dienone is 1. The molecule has 0 aromatic heterocycles. The summed E-state index contributed by atoms with van der Waals surface area (Å²) in [5.74, 6) is -5.93. The van der Waals surface area contributed by atoms with Gasteiger partial charge in [-0.05, 0) is 53.9 Å². The van der Waals surface area contributed by atoms with Crippen LogP contribution in [0.3, 0.4) is 0 Å². The normalized spacial score (nSPS) is 47.6. The Morgan fingerprint density at radius 1 is 0.729 bits per heavy atom. The van der Waals surface area contributed by atoms with E-state index in [9.17, 15) is 45.0 Å². The van der Waals surface area contributed by atoms with Gasteiger partial charge in [0.25, 0.3) is 0 Å². The number of carbonyl (C=O) groups excluding carboxylic acids is 3. The molecule has 4 saturated heterocycles. The number of rotatable bonds is 7. The van der Waals surface area contributed by atoms with Gasteiger partial charge in [0.2, 0.25) is 0 Å². The van der Waals surface area contributed by atoms with Gasteiger partial charge in [0.05, 0.1) is 77.9 Å². The van der Waals surface area contributed by atoms with Gasteiger partial charge in [0.1, 0.15) is 17.5 Å². The van der Waals surface area contributed by atoms with Gasteiger partial charge in [-0.25, -0.2) is 0 Å². The summed E-state index contributed by atoms with van der Waals surface area (Å²) >= 11 is 0. The number of hydrogen-bond donors (Lipinski definition) is 6. The maximum atomic E-state index is 14.2. The first-order valence-electron chi connectivity index (χ1n) is 21.1. The quantitative estimate of drug-likeness (QED) is 0.217. The average molecular weight is 831 g/mol. The lowest BCUT2D eigenvalue weighted by Gasteiger charge is -2.56. The van der Waals surface area contributed by atoms with Crippen molar-refractivity contribution in [1.82, 2.24) is 0 Å². The van der Waals surface area contributed by atoms with E-state index in [2.05, 4.69) is 0 Å². The number of carbonyl (C=O) groups is 3. The van der Waals surface area contributed by atoms with Crippen LogP contribution in [0.1, 0.15) is 125 Å². The number of ketones is 3. The fraction of sp³-hybridized carbons (Fsp3) is 0.744. The van der Waals surface area contributed by atoms with E-state index >= 15 is 0 Å². The fourth-order valence-corrected chi connectivity index (χ4v) is 10.5. The Balaban J connectivity index is 0.902. The number of fused-ring (bicyclic) bond motifs is 4. The predicted octanol–water partition coefficient (Wildman–Crippen LogP) is 2.45. The van der Waals surface area contributed by atoms with Crippen molar-refractivity contribution in [1.29, 1.82) is 0 Å². The number of phenols is 1. The molecule has 0 amide bonds. The molecule has 0 radical (unpaired) electrons. The van der Waals surface area contributed by atoms with E-state index in [0.29, 0.717) is 38.5 Å². The third-order valence-electron chi connectivity index (χ3n) is 13.8. The van der Waals surface area contributed by atoms with Crippen LogP contribution in [-0.4, -0.2) is 139 Å². The van der Waals surface area contributed by atoms with Crippen molar-refractivity contribution in [3.63, 3.8) is 0 Å². The highest BCUT2D eigenvalue weighted by Gasteiger charge is 2.70. The Morgan fingerprint density at radius 2 is 1.34 bits per heavy atom. The summed E-state index contributed by atoms with van der Waals surface area (Å²) < 4.78 is 43.0. The van der Waals surface area contributed by atoms with Gasteiger partial charge in [-0.1, -0.05) is 24.3 Å². The van der Waals surface area contributed by atoms with Crippen LogP contribution in [-0.2, 0) is 38.0 Å². The zero-order valence-corrected chi connectivity index (χ0v) is 34.1. The van der Waals surface area contributed by atoms with Crippen molar-refractivity contribution in [2.45, 2.75) is 189 Å². The number of aliphatic hydroxyl groups is 5. The third kappa shape index (κ3) is 7.54. The molecule has 8 rings (SSSR count). The van der Waals surface area contributed by atoms with Gasteiger partial charge in [0.15, 0.2) is 41.8 Å². The first-order chi connectivity index (χ1) is 27.8. The van der Waals surface area contributed by atoms with Crippen molar-refractivity contribution in [3.8, 4) is 5.75 Å². The Morgan fingerprint density at radius 3 is 1.97 bits per heavy atom. The standard InChI is InChI=1S/C43H58O16/c1-19-26(44)8-11-32(54-19)57-28-9-12-33(55-20(28)2)58-29-10-13-34(56-21(29)3)59-41(5)17-31(46)43(52)36-25(14-15-42(43,51)18-41)39(49)35-24(40(36)50)7-6-23(38(35)48)30-16-27(45)37(47)22(4)53-30/h6-7,14-15,19-22,25-30,32-34,36-37,44-45,47-48,51-52H,8-13,16-18H2,1-5H3. The average Bonchev–Trinajstić information content (AvgIpc) is 3.16. The van der Waals surface area contributed by atoms with Crippen LogP contribution in [0, 0.1) is 11.8 Å². The molecule has 0 spiro atoms. The van der Waals surface area contributed by atoms with Gasteiger partial charge in [-0.15, -0.1) is 0 Å². The van der Waals surface area contributed by atoms with Gasteiger partial charge in [-0.3, -0.25) is 14.4 Å². The molecule has 18 atom stereocenters. The lowest BCUT2D eigenvalue weighted by atomic mass is 9.52. The summed E-state index contributed by atoms with van der Waals surface area (Å²) in [7, 11) is 0. The summed E-state index contributed by atoms with van der Waals surface area (Å²) in [4.78, 5) is 42.5. The number of benzene rings is 1.